The summed E-state index contributed by atoms with van der Waals surface area (Å²) in [5, 5.41) is 5.26. The smallest absolute Gasteiger partial charge is 0.00241 e. The summed E-state index contributed by atoms with van der Waals surface area (Å²) < 4.78 is 0. The van der Waals surface area contributed by atoms with Gasteiger partial charge in [-0.3, -0.25) is 0 Å². The van der Waals surface area contributed by atoms with Gasteiger partial charge in [-0.2, -0.15) is 0 Å². The molecule has 0 aromatic heterocycles. The Labute approximate surface area is 269 Å². The minimum atomic E-state index is 0.741. The van der Waals surface area contributed by atoms with Crippen LogP contribution in [-0.4, -0.2) is 0 Å². The summed E-state index contributed by atoms with van der Waals surface area (Å²) in [5.41, 5.74) is 12.2. The van der Waals surface area contributed by atoms with E-state index in [4.69, 9.17) is 0 Å². The van der Waals surface area contributed by atoms with Crippen molar-refractivity contribution in [1.82, 2.24) is 0 Å². The SMILES string of the molecule is Cc1ccccc1-c1c2ccc(-c3ccc(C4CCCCC4)cc3)cc2cc2cc(-c3ccc(C4CCCCC4)cc3)ccc12. The summed E-state index contributed by atoms with van der Waals surface area (Å²) in [7, 11) is 0. The molecule has 0 nitrogen and oxygen atoms in total. The Kier molecular flexibility index (Phi) is 7.76. The zero-order chi connectivity index (χ0) is 30.2. The Morgan fingerprint density at radius 1 is 0.422 bits per heavy atom. The Bertz CT molecular complexity index is 1830. The van der Waals surface area contributed by atoms with Gasteiger partial charge in [-0.1, -0.05) is 136 Å². The molecule has 2 aliphatic rings. The molecule has 0 N–H and O–H groups in total. The normalized spacial score (nSPS) is 16.4. The van der Waals surface area contributed by atoms with Crippen molar-refractivity contribution in [3.63, 3.8) is 0 Å². The first-order chi connectivity index (χ1) is 22.2. The minimum absolute atomic E-state index is 0.741. The molecular formula is C45H44. The fourth-order valence-corrected chi connectivity index (χ4v) is 8.40. The van der Waals surface area contributed by atoms with Crippen molar-refractivity contribution in [1.29, 1.82) is 0 Å². The molecule has 0 atom stereocenters. The van der Waals surface area contributed by atoms with E-state index in [1.54, 1.807) is 0 Å². The van der Waals surface area contributed by atoms with E-state index in [-0.39, 0.29) is 0 Å². The van der Waals surface area contributed by atoms with Crippen LogP contribution in [0.2, 0.25) is 0 Å². The van der Waals surface area contributed by atoms with Gasteiger partial charge in [-0.05, 0) is 134 Å². The number of hydrogen-bond donors (Lipinski definition) is 0. The molecule has 8 rings (SSSR count). The molecular weight excluding hydrogens is 540 g/mol. The fraction of sp³-hybridized carbons (Fsp3) is 0.289. The van der Waals surface area contributed by atoms with Crippen LogP contribution in [0.5, 0.6) is 0 Å². The molecule has 0 aliphatic heterocycles. The molecule has 0 unspecified atom stereocenters. The lowest BCUT2D eigenvalue weighted by Gasteiger charge is -2.22. The lowest BCUT2D eigenvalue weighted by molar-refractivity contribution is 0.443. The highest BCUT2D eigenvalue weighted by Gasteiger charge is 2.18. The average Bonchev–Trinajstić information content (AvgIpc) is 3.11. The number of benzene rings is 6. The standard InChI is InChI=1S/C45H44/c1-31-10-8-9-15-42(31)45-43-26-24-38(36-20-16-34(17-21-36)32-11-4-2-5-12-32)28-40(43)30-41-29-39(25-27-44(41)45)37-22-18-35(19-23-37)33-13-6-3-7-14-33/h8-10,15-30,32-33H,2-7,11-14H2,1H3. The first kappa shape index (κ1) is 28.3. The minimum Gasteiger partial charge on any atom is -0.0620 e. The van der Waals surface area contributed by atoms with Gasteiger partial charge in [-0.25, -0.2) is 0 Å². The van der Waals surface area contributed by atoms with Gasteiger partial charge in [0, 0.05) is 0 Å². The summed E-state index contributed by atoms with van der Waals surface area (Å²) in [5.74, 6) is 1.48. The second-order valence-corrected chi connectivity index (χ2v) is 13.9. The van der Waals surface area contributed by atoms with E-state index in [0.29, 0.717) is 0 Å². The predicted molar refractivity (Wildman–Crippen MR) is 194 cm³/mol. The summed E-state index contributed by atoms with van der Waals surface area (Å²) >= 11 is 0. The molecule has 0 saturated heterocycles. The zero-order valence-corrected chi connectivity index (χ0v) is 26.7. The lowest BCUT2D eigenvalue weighted by Crippen LogP contribution is -2.04. The van der Waals surface area contributed by atoms with E-state index in [1.807, 2.05) is 0 Å². The van der Waals surface area contributed by atoms with Crippen LogP contribution in [-0.2, 0) is 0 Å². The van der Waals surface area contributed by atoms with Gasteiger partial charge in [-0.15, -0.1) is 0 Å². The number of fused-ring (bicyclic) bond motifs is 2. The molecule has 6 aromatic carbocycles. The van der Waals surface area contributed by atoms with Crippen molar-refractivity contribution in [2.75, 3.05) is 0 Å². The van der Waals surface area contributed by atoms with Crippen LogP contribution in [0.25, 0.3) is 54.9 Å². The third-order valence-corrected chi connectivity index (χ3v) is 11.0. The zero-order valence-electron chi connectivity index (χ0n) is 26.7. The molecule has 0 amide bonds. The van der Waals surface area contributed by atoms with Crippen LogP contribution < -0.4 is 0 Å². The summed E-state index contributed by atoms with van der Waals surface area (Å²) in [4.78, 5) is 0. The van der Waals surface area contributed by atoms with Gasteiger partial charge in [0.2, 0.25) is 0 Å². The van der Waals surface area contributed by atoms with E-state index >= 15 is 0 Å². The van der Waals surface area contributed by atoms with Gasteiger partial charge in [0.15, 0.2) is 0 Å². The highest BCUT2D eigenvalue weighted by atomic mass is 14.2. The van der Waals surface area contributed by atoms with E-state index in [9.17, 15) is 0 Å². The maximum atomic E-state index is 2.42. The summed E-state index contributed by atoms with van der Waals surface area (Å²) in [6.45, 7) is 2.24. The van der Waals surface area contributed by atoms with Crippen molar-refractivity contribution in [3.8, 4) is 33.4 Å². The van der Waals surface area contributed by atoms with E-state index < -0.39 is 0 Å². The van der Waals surface area contributed by atoms with Crippen LogP contribution in [0.4, 0.5) is 0 Å². The maximum absolute atomic E-state index is 2.42. The number of hydrogen-bond acceptors (Lipinski definition) is 0. The van der Waals surface area contributed by atoms with Gasteiger partial charge in [0.05, 0.1) is 0 Å². The third-order valence-electron chi connectivity index (χ3n) is 11.0. The predicted octanol–water partition coefficient (Wildman–Crippen LogP) is 13.4. The van der Waals surface area contributed by atoms with Crippen LogP contribution in [0, 0.1) is 6.92 Å². The second kappa shape index (κ2) is 12.3. The van der Waals surface area contributed by atoms with Gasteiger partial charge in [0.25, 0.3) is 0 Å². The van der Waals surface area contributed by atoms with Crippen molar-refractivity contribution < 1.29 is 0 Å². The van der Waals surface area contributed by atoms with Crippen LogP contribution >= 0.6 is 0 Å². The van der Waals surface area contributed by atoms with Crippen molar-refractivity contribution in [2.24, 2.45) is 0 Å². The molecule has 2 saturated carbocycles. The van der Waals surface area contributed by atoms with Crippen LogP contribution in [0.3, 0.4) is 0 Å². The topological polar surface area (TPSA) is 0 Å². The molecule has 6 aromatic rings. The molecule has 0 heterocycles. The first-order valence-corrected chi connectivity index (χ1v) is 17.5. The van der Waals surface area contributed by atoms with E-state index in [0.717, 1.165) is 11.8 Å². The molecule has 2 fully saturated rings. The first-order valence-electron chi connectivity index (χ1n) is 17.5. The Hall–Kier alpha value is -4.16. The molecule has 0 spiro atoms. The Morgan fingerprint density at radius 2 is 0.867 bits per heavy atom. The second-order valence-electron chi connectivity index (χ2n) is 13.9. The van der Waals surface area contributed by atoms with Crippen LogP contribution in [0.1, 0.15) is 92.7 Å². The fourth-order valence-electron chi connectivity index (χ4n) is 8.40. The molecule has 2 aliphatic carbocycles. The maximum Gasteiger partial charge on any atom is -0.00241 e. The third kappa shape index (κ3) is 5.61. The van der Waals surface area contributed by atoms with Crippen LogP contribution in [0.15, 0.2) is 115 Å². The monoisotopic (exact) mass is 584 g/mol. The number of rotatable bonds is 5. The van der Waals surface area contributed by atoms with Gasteiger partial charge < -0.3 is 0 Å². The molecule has 45 heavy (non-hydrogen) atoms. The largest absolute Gasteiger partial charge is 0.0620 e. The van der Waals surface area contributed by atoms with E-state index in [2.05, 4.69) is 122 Å². The highest BCUT2D eigenvalue weighted by molar-refractivity contribution is 6.14. The van der Waals surface area contributed by atoms with Gasteiger partial charge in [0.1, 0.15) is 0 Å². The van der Waals surface area contributed by atoms with Crippen molar-refractivity contribution in [2.45, 2.75) is 83.0 Å². The molecule has 0 heteroatoms. The van der Waals surface area contributed by atoms with Crippen molar-refractivity contribution >= 4 is 21.5 Å². The summed E-state index contributed by atoms with van der Waals surface area (Å²) in [6.07, 6.45) is 13.7. The Balaban J connectivity index is 1.21. The number of aryl methyl sites for hydroxylation is 1. The summed E-state index contributed by atoms with van der Waals surface area (Å²) in [6, 6.07) is 44.4. The Morgan fingerprint density at radius 3 is 1.33 bits per heavy atom. The van der Waals surface area contributed by atoms with Crippen molar-refractivity contribution in [3.05, 3.63) is 132 Å². The average molecular weight is 585 g/mol. The molecule has 224 valence electrons. The van der Waals surface area contributed by atoms with E-state index in [1.165, 1.54) is 136 Å². The highest BCUT2D eigenvalue weighted by Crippen LogP contribution is 2.41. The van der Waals surface area contributed by atoms with Gasteiger partial charge >= 0.3 is 0 Å². The molecule has 0 radical (unpaired) electrons. The molecule has 0 bridgehead atoms. The lowest BCUT2D eigenvalue weighted by atomic mass is 9.83. The quantitative estimate of drug-likeness (QED) is 0.177.